The zero-order valence-corrected chi connectivity index (χ0v) is 16.6. The van der Waals surface area contributed by atoms with Crippen LogP contribution in [0.25, 0.3) is 22.9 Å². The first kappa shape index (κ1) is 17.5. The van der Waals surface area contributed by atoms with Crippen LogP contribution < -0.4 is 4.90 Å². The lowest BCUT2D eigenvalue weighted by Crippen LogP contribution is -2.40. The molecule has 0 saturated carbocycles. The molecule has 0 N–H and O–H groups in total. The van der Waals surface area contributed by atoms with Crippen LogP contribution in [0.2, 0.25) is 0 Å². The summed E-state index contributed by atoms with van der Waals surface area (Å²) in [7, 11) is 0. The molecule has 1 aromatic carbocycles. The summed E-state index contributed by atoms with van der Waals surface area (Å²) in [5, 5.41) is 13.0. The van der Waals surface area contributed by atoms with Crippen LogP contribution in [0, 0.1) is 0 Å². The van der Waals surface area contributed by atoms with Crippen LogP contribution in [-0.2, 0) is 0 Å². The van der Waals surface area contributed by atoms with Gasteiger partial charge in [0.05, 0.1) is 24.1 Å². The van der Waals surface area contributed by atoms with Crippen molar-refractivity contribution in [3.63, 3.8) is 0 Å². The quantitative estimate of drug-likeness (QED) is 0.533. The van der Waals surface area contributed by atoms with Gasteiger partial charge in [0.2, 0.25) is 0 Å². The number of hydrogen-bond acceptors (Lipinski definition) is 6. The van der Waals surface area contributed by atoms with Crippen LogP contribution in [0.1, 0.15) is 39.1 Å². The minimum absolute atomic E-state index is 0.110. The summed E-state index contributed by atoms with van der Waals surface area (Å²) >= 11 is 0. The van der Waals surface area contributed by atoms with Crippen molar-refractivity contribution < 1.29 is 0 Å². The smallest absolute Gasteiger partial charge is 0.253 e. The van der Waals surface area contributed by atoms with Gasteiger partial charge in [0.25, 0.3) is 5.95 Å². The van der Waals surface area contributed by atoms with Gasteiger partial charge in [-0.05, 0) is 26.3 Å². The maximum Gasteiger partial charge on any atom is 0.253 e. The molecule has 0 bridgehead atoms. The van der Waals surface area contributed by atoms with Crippen LogP contribution >= 0.6 is 0 Å². The Morgan fingerprint density at radius 1 is 1.10 bits per heavy atom. The predicted octanol–water partition coefficient (Wildman–Crippen LogP) is 3.59. The molecule has 1 aliphatic rings. The lowest BCUT2D eigenvalue weighted by Gasteiger charge is -2.39. The predicted molar refractivity (Wildman–Crippen MR) is 110 cm³/mol. The molecule has 1 aliphatic heterocycles. The molecule has 0 aliphatic carbocycles. The average Bonchev–Trinajstić information content (AvgIpc) is 3.42. The summed E-state index contributed by atoms with van der Waals surface area (Å²) in [6, 6.07) is 12.5. The van der Waals surface area contributed by atoms with Crippen LogP contribution in [0.3, 0.4) is 0 Å². The van der Waals surface area contributed by atoms with Gasteiger partial charge in [0.1, 0.15) is 12.0 Å². The van der Waals surface area contributed by atoms with Crippen LogP contribution in [0.5, 0.6) is 0 Å². The van der Waals surface area contributed by atoms with E-state index in [4.69, 9.17) is 4.98 Å². The minimum atomic E-state index is 0.110. The van der Waals surface area contributed by atoms with Gasteiger partial charge in [-0.3, -0.25) is 4.57 Å². The molecule has 0 amide bonds. The molecular weight excluding hydrogens is 364 g/mol. The Hall–Kier alpha value is -3.55. The molecule has 4 heterocycles. The minimum Gasteiger partial charge on any atom is -0.342 e. The molecule has 146 valence electrons. The van der Waals surface area contributed by atoms with E-state index < -0.39 is 0 Å². The molecule has 3 aromatic heterocycles. The van der Waals surface area contributed by atoms with Gasteiger partial charge in [-0.25, -0.2) is 4.98 Å². The molecule has 0 radical (unpaired) electrons. The van der Waals surface area contributed by atoms with E-state index in [1.165, 1.54) is 0 Å². The lowest BCUT2D eigenvalue weighted by atomic mass is 10.1. The van der Waals surface area contributed by atoms with Crippen molar-refractivity contribution in [2.75, 3.05) is 4.90 Å². The van der Waals surface area contributed by atoms with E-state index in [1.807, 2.05) is 35.0 Å². The van der Waals surface area contributed by atoms with E-state index in [0.717, 1.165) is 35.0 Å². The topological polar surface area (TPSA) is 77.5 Å². The number of nitrogens with zero attached hydrogens (tertiary/aromatic N) is 8. The Morgan fingerprint density at radius 3 is 2.69 bits per heavy atom. The fourth-order valence-electron chi connectivity index (χ4n) is 4.02. The Kier molecular flexibility index (Phi) is 4.12. The molecule has 29 heavy (non-hydrogen) atoms. The maximum absolute atomic E-state index is 4.96. The van der Waals surface area contributed by atoms with Gasteiger partial charge >= 0.3 is 0 Å². The highest BCUT2D eigenvalue weighted by Crippen LogP contribution is 2.39. The van der Waals surface area contributed by atoms with Crippen molar-refractivity contribution >= 4 is 5.82 Å². The highest BCUT2D eigenvalue weighted by atomic mass is 15.4. The number of anilines is 1. The monoisotopic (exact) mass is 386 g/mol. The van der Waals surface area contributed by atoms with Crippen molar-refractivity contribution in [2.45, 2.75) is 39.3 Å². The normalized spacial score (nSPS) is 15.4. The molecule has 4 aromatic rings. The van der Waals surface area contributed by atoms with Crippen molar-refractivity contribution in [1.82, 2.24) is 34.5 Å². The Labute approximate surface area is 168 Å². The van der Waals surface area contributed by atoms with Crippen LogP contribution in [0.15, 0.2) is 55.1 Å². The number of aromatic nitrogens is 7. The van der Waals surface area contributed by atoms with E-state index in [0.29, 0.717) is 5.95 Å². The van der Waals surface area contributed by atoms with E-state index >= 15 is 0 Å². The van der Waals surface area contributed by atoms with Gasteiger partial charge in [0.15, 0.2) is 11.6 Å². The fraction of sp³-hybridized carbons (Fsp3) is 0.286. The standard InChI is InChI=1S/C21H22N8/c1-4-16-20-26-23-13-27(20)18-12-22-21(25-19(18)28(16)14(2)3)29-17(10-11-24-29)15-8-6-5-7-9-15/h5-14,16H,4H2,1-3H3/t16-/m1/s1. The molecule has 0 saturated heterocycles. The number of rotatable bonds is 4. The second kappa shape index (κ2) is 6.80. The molecule has 0 spiro atoms. The summed E-state index contributed by atoms with van der Waals surface area (Å²) in [6.07, 6.45) is 6.26. The number of fused-ring (bicyclic) bond motifs is 3. The molecule has 5 rings (SSSR count). The first-order valence-electron chi connectivity index (χ1n) is 9.84. The highest BCUT2D eigenvalue weighted by Gasteiger charge is 2.35. The van der Waals surface area contributed by atoms with Gasteiger partial charge in [-0.2, -0.15) is 14.8 Å². The molecule has 0 fully saturated rings. The van der Waals surface area contributed by atoms with Crippen molar-refractivity contribution in [2.24, 2.45) is 0 Å². The molecular formula is C21H22N8. The number of hydrogen-bond donors (Lipinski definition) is 0. The van der Waals surface area contributed by atoms with Crippen LogP contribution in [-0.4, -0.2) is 40.6 Å². The van der Waals surface area contributed by atoms with Gasteiger partial charge in [-0.1, -0.05) is 37.3 Å². The molecule has 1 atom stereocenters. The van der Waals surface area contributed by atoms with Crippen molar-refractivity contribution in [1.29, 1.82) is 0 Å². The summed E-state index contributed by atoms with van der Waals surface area (Å²) in [6.45, 7) is 6.50. The Morgan fingerprint density at radius 2 is 1.93 bits per heavy atom. The van der Waals surface area contributed by atoms with Crippen LogP contribution in [0.4, 0.5) is 5.82 Å². The average molecular weight is 386 g/mol. The van der Waals surface area contributed by atoms with E-state index in [9.17, 15) is 0 Å². The lowest BCUT2D eigenvalue weighted by molar-refractivity contribution is 0.496. The highest BCUT2D eigenvalue weighted by molar-refractivity contribution is 5.64. The summed E-state index contributed by atoms with van der Waals surface area (Å²) in [5.41, 5.74) is 2.91. The van der Waals surface area contributed by atoms with Gasteiger partial charge in [0, 0.05) is 11.6 Å². The Bertz CT molecular complexity index is 1140. The molecule has 8 nitrogen and oxygen atoms in total. The van der Waals surface area contributed by atoms with Crippen molar-refractivity contribution in [3.05, 3.63) is 60.9 Å². The first-order valence-corrected chi connectivity index (χ1v) is 9.84. The largest absolute Gasteiger partial charge is 0.342 e. The van der Waals surface area contributed by atoms with E-state index in [1.54, 1.807) is 17.2 Å². The van der Waals surface area contributed by atoms with Crippen molar-refractivity contribution in [3.8, 4) is 22.9 Å². The summed E-state index contributed by atoms with van der Waals surface area (Å²) in [5.74, 6) is 2.34. The second-order valence-corrected chi connectivity index (χ2v) is 7.36. The summed E-state index contributed by atoms with van der Waals surface area (Å²) < 4.78 is 3.78. The Balaban J connectivity index is 1.68. The first-order chi connectivity index (χ1) is 14.2. The molecule has 8 heteroatoms. The zero-order valence-electron chi connectivity index (χ0n) is 16.6. The van der Waals surface area contributed by atoms with Gasteiger partial charge in [-0.15, -0.1) is 10.2 Å². The number of benzene rings is 1. The summed E-state index contributed by atoms with van der Waals surface area (Å²) in [4.78, 5) is 11.9. The molecule has 0 unspecified atom stereocenters. The zero-order chi connectivity index (χ0) is 20.0. The third-order valence-corrected chi connectivity index (χ3v) is 5.29. The fourth-order valence-corrected chi connectivity index (χ4v) is 4.02. The maximum atomic E-state index is 4.96. The third kappa shape index (κ3) is 2.71. The third-order valence-electron chi connectivity index (χ3n) is 5.29. The SMILES string of the molecule is CC[C@@H]1c2nncn2-c2cnc(-n3nccc3-c3ccccc3)nc2N1C(C)C. The van der Waals surface area contributed by atoms with E-state index in [2.05, 4.69) is 58.1 Å². The second-order valence-electron chi connectivity index (χ2n) is 7.36. The van der Waals surface area contributed by atoms with E-state index in [-0.39, 0.29) is 12.1 Å². The van der Waals surface area contributed by atoms with Gasteiger partial charge < -0.3 is 4.90 Å².